The lowest BCUT2D eigenvalue weighted by atomic mass is 10.1. The van der Waals surface area contributed by atoms with E-state index in [9.17, 15) is 9.59 Å². The van der Waals surface area contributed by atoms with Crippen molar-refractivity contribution in [2.24, 2.45) is 0 Å². The van der Waals surface area contributed by atoms with E-state index in [4.69, 9.17) is 16.3 Å². The van der Waals surface area contributed by atoms with Crippen LogP contribution in [0, 0.1) is 6.92 Å². The fraction of sp³-hybridized carbons (Fsp3) is 0.222. The topological polar surface area (TPSA) is 67.4 Å². The van der Waals surface area contributed by atoms with Gasteiger partial charge in [-0.05, 0) is 36.8 Å². The van der Waals surface area contributed by atoms with Gasteiger partial charge >= 0.3 is 0 Å². The van der Waals surface area contributed by atoms with E-state index < -0.39 is 0 Å². The van der Waals surface area contributed by atoms with Gasteiger partial charge in [-0.1, -0.05) is 36.7 Å². The number of rotatable bonds is 6. The maximum absolute atomic E-state index is 12.0. The first kappa shape index (κ1) is 17.8. The van der Waals surface area contributed by atoms with Crippen LogP contribution in [-0.2, 0) is 9.59 Å². The van der Waals surface area contributed by atoms with Crippen molar-refractivity contribution in [3.8, 4) is 5.75 Å². The minimum absolute atomic E-state index is 0.0800. The second-order valence-corrected chi connectivity index (χ2v) is 5.61. The number of hydrogen-bond donors (Lipinski definition) is 2. The molecule has 2 rings (SSSR count). The van der Waals surface area contributed by atoms with E-state index in [1.165, 1.54) is 0 Å². The molecule has 2 aromatic carbocycles. The lowest BCUT2D eigenvalue weighted by Crippen LogP contribution is -2.20. The first-order chi connectivity index (χ1) is 11.5. The molecule has 0 aromatic heterocycles. The summed E-state index contributed by atoms with van der Waals surface area (Å²) in [6.07, 6.45) is 0.391. The maximum atomic E-state index is 12.0. The Morgan fingerprint density at radius 1 is 1.08 bits per heavy atom. The molecule has 0 aliphatic carbocycles. The van der Waals surface area contributed by atoms with Crippen molar-refractivity contribution >= 4 is 34.8 Å². The summed E-state index contributed by atoms with van der Waals surface area (Å²) in [7, 11) is 0. The number of carbonyl (C=O) groups excluding carboxylic acids is 2. The molecule has 0 saturated heterocycles. The molecule has 2 N–H and O–H groups in total. The zero-order chi connectivity index (χ0) is 17.5. The van der Waals surface area contributed by atoms with E-state index in [1.807, 2.05) is 13.0 Å². The summed E-state index contributed by atoms with van der Waals surface area (Å²) in [6.45, 7) is 3.51. The number of benzene rings is 2. The van der Waals surface area contributed by atoms with Gasteiger partial charge in [0.15, 0.2) is 6.61 Å². The molecule has 0 heterocycles. The normalized spacial score (nSPS) is 10.1. The number of para-hydroxylation sites is 1. The van der Waals surface area contributed by atoms with Crippen LogP contribution >= 0.6 is 11.6 Å². The van der Waals surface area contributed by atoms with Crippen molar-refractivity contribution in [2.75, 3.05) is 17.2 Å². The molecule has 0 atom stereocenters. The fourth-order valence-corrected chi connectivity index (χ4v) is 2.17. The van der Waals surface area contributed by atoms with Crippen molar-refractivity contribution in [1.29, 1.82) is 0 Å². The largest absolute Gasteiger partial charge is 0.482 e. The first-order valence-corrected chi connectivity index (χ1v) is 7.95. The Balaban J connectivity index is 1.97. The number of carbonyl (C=O) groups is 2. The molecule has 0 fully saturated rings. The SMILES string of the molecule is CCC(=O)Nc1cc(NC(=O)COc2ccccc2Cl)ccc1C. The zero-order valence-corrected chi connectivity index (χ0v) is 14.3. The Kier molecular flexibility index (Phi) is 6.21. The molecule has 6 heteroatoms. The van der Waals surface area contributed by atoms with Crippen molar-refractivity contribution in [3.05, 3.63) is 53.1 Å². The highest BCUT2D eigenvalue weighted by Crippen LogP contribution is 2.23. The average Bonchev–Trinajstić information content (AvgIpc) is 2.57. The van der Waals surface area contributed by atoms with Gasteiger partial charge in [-0.25, -0.2) is 0 Å². The number of anilines is 2. The predicted molar refractivity (Wildman–Crippen MR) is 95.7 cm³/mol. The van der Waals surface area contributed by atoms with Crippen molar-refractivity contribution in [2.45, 2.75) is 20.3 Å². The summed E-state index contributed by atoms with van der Waals surface area (Å²) < 4.78 is 5.39. The van der Waals surface area contributed by atoms with Crippen molar-refractivity contribution < 1.29 is 14.3 Å². The summed E-state index contributed by atoms with van der Waals surface area (Å²) in [5.41, 5.74) is 2.17. The molecular weight excluding hydrogens is 328 g/mol. The predicted octanol–water partition coefficient (Wildman–Crippen LogP) is 4.01. The number of halogens is 1. The van der Waals surface area contributed by atoms with Gasteiger partial charge in [0.1, 0.15) is 5.75 Å². The molecule has 24 heavy (non-hydrogen) atoms. The highest BCUT2D eigenvalue weighted by Gasteiger charge is 2.08. The van der Waals surface area contributed by atoms with Crippen molar-refractivity contribution in [1.82, 2.24) is 0 Å². The van der Waals surface area contributed by atoms with Gasteiger partial charge in [0, 0.05) is 17.8 Å². The van der Waals surface area contributed by atoms with E-state index in [0.717, 1.165) is 5.56 Å². The van der Waals surface area contributed by atoms with Crippen LogP contribution in [0.1, 0.15) is 18.9 Å². The lowest BCUT2D eigenvalue weighted by molar-refractivity contribution is -0.118. The van der Waals surface area contributed by atoms with E-state index in [-0.39, 0.29) is 18.4 Å². The highest BCUT2D eigenvalue weighted by molar-refractivity contribution is 6.32. The molecule has 5 nitrogen and oxygen atoms in total. The van der Waals surface area contributed by atoms with Gasteiger partial charge in [-0.3, -0.25) is 9.59 Å². The summed E-state index contributed by atoms with van der Waals surface area (Å²) in [4.78, 5) is 23.5. The Morgan fingerprint density at radius 2 is 1.83 bits per heavy atom. The Morgan fingerprint density at radius 3 is 2.54 bits per heavy atom. The number of nitrogens with one attached hydrogen (secondary N) is 2. The van der Waals surface area contributed by atoms with Gasteiger partial charge in [0.2, 0.25) is 5.91 Å². The second kappa shape index (κ2) is 8.36. The second-order valence-electron chi connectivity index (χ2n) is 5.20. The Labute approximate surface area is 146 Å². The maximum Gasteiger partial charge on any atom is 0.262 e. The van der Waals surface area contributed by atoms with Crippen LogP contribution in [0.4, 0.5) is 11.4 Å². The highest BCUT2D eigenvalue weighted by atomic mass is 35.5. The van der Waals surface area contributed by atoms with Gasteiger partial charge in [-0.2, -0.15) is 0 Å². The minimum Gasteiger partial charge on any atom is -0.482 e. The third-order valence-corrected chi connectivity index (χ3v) is 3.62. The molecule has 0 unspecified atom stereocenters. The van der Waals surface area contributed by atoms with Crippen LogP contribution in [0.3, 0.4) is 0 Å². The van der Waals surface area contributed by atoms with Crippen LogP contribution < -0.4 is 15.4 Å². The first-order valence-electron chi connectivity index (χ1n) is 7.57. The fourth-order valence-electron chi connectivity index (χ4n) is 1.98. The average molecular weight is 347 g/mol. The standard InChI is InChI=1S/C18H19ClN2O3/c1-3-17(22)21-15-10-13(9-8-12(15)2)20-18(23)11-24-16-7-5-4-6-14(16)19/h4-10H,3,11H2,1-2H3,(H,20,23)(H,21,22). The zero-order valence-electron chi connectivity index (χ0n) is 13.6. The molecule has 0 bridgehead atoms. The molecule has 0 radical (unpaired) electrons. The summed E-state index contributed by atoms with van der Waals surface area (Å²) >= 11 is 5.97. The number of aryl methyl sites for hydroxylation is 1. The van der Waals surface area contributed by atoms with Crippen LogP contribution in [0.25, 0.3) is 0 Å². The molecule has 0 spiro atoms. The molecule has 0 saturated carbocycles. The number of ether oxygens (including phenoxy) is 1. The van der Waals surface area contributed by atoms with E-state index >= 15 is 0 Å². The quantitative estimate of drug-likeness (QED) is 0.830. The van der Waals surface area contributed by atoms with Crippen LogP contribution in [0.2, 0.25) is 5.02 Å². The van der Waals surface area contributed by atoms with E-state index in [2.05, 4.69) is 10.6 Å². The lowest BCUT2D eigenvalue weighted by Gasteiger charge is -2.12. The molecule has 126 valence electrons. The summed E-state index contributed by atoms with van der Waals surface area (Å²) in [6, 6.07) is 12.3. The van der Waals surface area contributed by atoms with Crippen LogP contribution in [-0.4, -0.2) is 18.4 Å². The van der Waals surface area contributed by atoms with Crippen LogP contribution in [0.5, 0.6) is 5.75 Å². The molecule has 0 aliphatic rings. The van der Waals surface area contributed by atoms with Gasteiger partial charge in [-0.15, -0.1) is 0 Å². The Bertz CT molecular complexity index is 747. The smallest absolute Gasteiger partial charge is 0.262 e. The van der Waals surface area contributed by atoms with Gasteiger partial charge < -0.3 is 15.4 Å². The third kappa shape index (κ3) is 4.99. The summed E-state index contributed by atoms with van der Waals surface area (Å²) in [5, 5.41) is 5.98. The third-order valence-electron chi connectivity index (χ3n) is 3.31. The molecule has 2 amide bonds. The molecule has 0 aliphatic heterocycles. The Hall–Kier alpha value is -2.53. The summed E-state index contributed by atoms with van der Waals surface area (Å²) in [5.74, 6) is 0.0595. The number of amides is 2. The number of hydrogen-bond acceptors (Lipinski definition) is 3. The van der Waals surface area contributed by atoms with Gasteiger partial charge in [0.05, 0.1) is 5.02 Å². The van der Waals surface area contributed by atoms with Crippen molar-refractivity contribution in [3.63, 3.8) is 0 Å². The molecule has 2 aromatic rings. The molecular formula is C18H19ClN2O3. The monoisotopic (exact) mass is 346 g/mol. The van der Waals surface area contributed by atoms with Gasteiger partial charge in [0.25, 0.3) is 5.91 Å². The van der Waals surface area contributed by atoms with Crippen LogP contribution in [0.15, 0.2) is 42.5 Å². The van der Waals surface area contributed by atoms with E-state index in [1.54, 1.807) is 43.3 Å². The minimum atomic E-state index is -0.313. The van der Waals surface area contributed by atoms with E-state index in [0.29, 0.717) is 28.6 Å².